The zero-order chi connectivity index (χ0) is 11.0. The van der Waals surface area contributed by atoms with Crippen molar-refractivity contribution in [1.82, 2.24) is 4.90 Å². The number of hydrogen-bond donors (Lipinski definition) is 0. The Kier molecular flexibility index (Phi) is 8.27. The Morgan fingerprint density at radius 1 is 1.36 bits per heavy atom. The molecule has 0 aliphatic heterocycles. The molecule has 0 fully saturated rings. The fraction of sp³-hybridized carbons (Fsp3) is 0.875. The predicted octanol–water partition coefficient (Wildman–Crippen LogP) is 1.26. The lowest BCUT2D eigenvalue weighted by atomic mass is 10.6. The van der Waals surface area contributed by atoms with Crippen LogP contribution in [0.1, 0.15) is 6.92 Å². The van der Waals surface area contributed by atoms with Crippen LogP contribution in [0.3, 0.4) is 0 Å². The molecule has 0 heterocycles. The number of nitrogens with zero attached hydrogens (tertiary/aromatic N) is 1. The van der Waals surface area contributed by atoms with Crippen molar-refractivity contribution in [1.29, 1.82) is 0 Å². The van der Waals surface area contributed by atoms with E-state index in [9.17, 15) is 4.79 Å². The molecule has 14 heavy (non-hydrogen) atoms. The number of carbonyl (C=O) groups excluding carboxylic acids is 1. The molecule has 0 rings (SSSR count). The van der Waals surface area contributed by atoms with Crippen LogP contribution in [0.25, 0.3) is 0 Å². The highest BCUT2D eigenvalue weighted by Gasteiger charge is 2.16. The van der Waals surface area contributed by atoms with Crippen LogP contribution in [-0.4, -0.2) is 49.2 Å². The fourth-order valence-electron chi connectivity index (χ4n) is 0.694. The number of halogens is 2. The number of ether oxygens (including phenoxy) is 2. The van der Waals surface area contributed by atoms with Crippen LogP contribution in [-0.2, 0) is 14.3 Å². The van der Waals surface area contributed by atoms with E-state index >= 15 is 0 Å². The van der Waals surface area contributed by atoms with Crippen molar-refractivity contribution >= 4 is 29.1 Å². The maximum absolute atomic E-state index is 11.1. The number of carbonyl (C=O) groups is 1. The van der Waals surface area contributed by atoms with Crippen molar-refractivity contribution in [2.24, 2.45) is 0 Å². The van der Waals surface area contributed by atoms with Crippen molar-refractivity contribution in [3.63, 3.8) is 0 Å². The highest BCUT2D eigenvalue weighted by atomic mass is 35.5. The molecule has 0 unspecified atom stereocenters. The van der Waals surface area contributed by atoms with E-state index in [1.807, 2.05) is 6.92 Å². The van der Waals surface area contributed by atoms with Crippen LogP contribution in [0, 0.1) is 0 Å². The summed E-state index contributed by atoms with van der Waals surface area (Å²) < 4.78 is 10.2. The molecule has 0 aliphatic carbocycles. The zero-order valence-electron chi connectivity index (χ0n) is 8.33. The summed E-state index contributed by atoms with van der Waals surface area (Å²) in [5, 5.41) is 0. The van der Waals surface area contributed by atoms with Gasteiger partial charge < -0.3 is 14.4 Å². The van der Waals surface area contributed by atoms with Crippen LogP contribution < -0.4 is 0 Å². The summed E-state index contributed by atoms with van der Waals surface area (Å²) in [5.74, 6) is -0.371. The van der Waals surface area contributed by atoms with E-state index in [2.05, 4.69) is 0 Å². The highest BCUT2D eigenvalue weighted by Crippen LogP contribution is 2.05. The molecular weight excluding hydrogens is 229 g/mol. The molecule has 84 valence electrons. The molecule has 0 aromatic heterocycles. The molecule has 0 aromatic rings. The summed E-state index contributed by atoms with van der Waals surface area (Å²) in [5.41, 5.74) is 0. The largest absolute Gasteiger partial charge is 0.379 e. The molecule has 0 saturated heterocycles. The molecule has 0 bridgehead atoms. The Morgan fingerprint density at radius 3 is 2.43 bits per heavy atom. The third kappa shape index (κ3) is 6.43. The lowest BCUT2D eigenvalue weighted by Crippen LogP contribution is -2.33. The van der Waals surface area contributed by atoms with E-state index < -0.39 is 4.84 Å². The molecule has 4 nitrogen and oxygen atoms in total. The van der Waals surface area contributed by atoms with Crippen LogP contribution in [0.15, 0.2) is 0 Å². The zero-order valence-corrected chi connectivity index (χ0v) is 9.85. The molecule has 6 heteroatoms. The van der Waals surface area contributed by atoms with Gasteiger partial charge in [0.2, 0.25) is 0 Å². The standard InChI is InChI=1S/C8H15Cl2NO3/c1-3-13-4-5-14-6-11(2)8(12)7(9)10/h7H,3-6H2,1-2H3. The van der Waals surface area contributed by atoms with E-state index in [0.717, 1.165) is 0 Å². The summed E-state index contributed by atoms with van der Waals surface area (Å²) in [7, 11) is 1.57. The van der Waals surface area contributed by atoms with Gasteiger partial charge in [0.1, 0.15) is 6.73 Å². The number of amides is 1. The van der Waals surface area contributed by atoms with Crippen molar-refractivity contribution in [2.75, 3.05) is 33.6 Å². The van der Waals surface area contributed by atoms with Gasteiger partial charge in [0.15, 0.2) is 4.84 Å². The number of hydrogen-bond acceptors (Lipinski definition) is 3. The maximum atomic E-state index is 11.1. The maximum Gasteiger partial charge on any atom is 0.257 e. The van der Waals surface area contributed by atoms with Gasteiger partial charge in [-0.15, -0.1) is 0 Å². The van der Waals surface area contributed by atoms with Gasteiger partial charge in [-0.1, -0.05) is 23.2 Å². The smallest absolute Gasteiger partial charge is 0.257 e. The first kappa shape index (κ1) is 14.0. The Hall–Kier alpha value is -0.0300. The molecular formula is C8H15Cl2NO3. The van der Waals surface area contributed by atoms with Crippen molar-refractivity contribution in [2.45, 2.75) is 11.8 Å². The van der Waals surface area contributed by atoms with Gasteiger partial charge in [-0.25, -0.2) is 0 Å². The highest BCUT2D eigenvalue weighted by molar-refractivity contribution is 6.53. The Balaban J connectivity index is 3.44. The average Bonchev–Trinajstić information content (AvgIpc) is 2.16. The summed E-state index contributed by atoms with van der Waals surface area (Å²) in [4.78, 5) is 11.4. The van der Waals surface area contributed by atoms with E-state index in [1.54, 1.807) is 7.05 Å². The summed E-state index contributed by atoms with van der Waals surface area (Å²) in [6, 6.07) is 0. The molecule has 0 aliphatic rings. The Labute approximate surface area is 94.0 Å². The van der Waals surface area contributed by atoms with Crippen LogP contribution in [0.4, 0.5) is 0 Å². The first-order valence-electron chi connectivity index (χ1n) is 4.28. The molecule has 1 amide bonds. The summed E-state index contributed by atoms with van der Waals surface area (Å²) in [6.07, 6.45) is 0. The minimum Gasteiger partial charge on any atom is -0.379 e. The van der Waals surface area contributed by atoms with Crippen molar-refractivity contribution in [3.05, 3.63) is 0 Å². The molecule has 0 saturated carbocycles. The Bertz CT molecular complexity index is 167. The predicted molar refractivity (Wildman–Crippen MR) is 55.6 cm³/mol. The normalized spacial score (nSPS) is 10.6. The second-order valence-electron chi connectivity index (χ2n) is 2.57. The Morgan fingerprint density at radius 2 is 1.93 bits per heavy atom. The van der Waals surface area contributed by atoms with Gasteiger partial charge in [0, 0.05) is 13.7 Å². The van der Waals surface area contributed by atoms with Gasteiger partial charge in [-0.05, 0) is 6.92 Å². The van der Waals surface area contributed by atoms with Crippen LogP contribution >= 0.6 is 23.2 Å². The van der Waals surface area contributed by atoms with Crippen LogP contribution in [0.2, 0.25) is 0 Å². The molecule has 0 spiro atoms. The van der Waals surface area contributed by atoms with Gasteiger partial charge in [-0.2, -0.15) is 0 Å². The molecule has 0 N–H and O–H groups in total. The number of alkyl halides is 2. The second-order valence-corrected chi connectivity index (χ2v) is 3.67. The first-order chi connectivity index (χ1) is 6.59. The summed E-state index contributed by atoms with van der Waals surface area (Å²) in [6.45, 7) is 3.69. The average molecular weight is 244 g/mol. The summed E-state index contributed by atoms with van der Waals surface area (Å²) >= 11 is 10.8. The topological polar surface area (TPSA) is 38.8 Å². The minimum absolute atomic E-state index is 0.168. The molecule has 0 aromatic carbocycles. The van der Waals surface area contributed by atoms with E-state index in [1.165, 1.54) is 4.90 Å². The first-order valence-corrected chi connectivity index (χ1v) is 5.15. The van der Waals surface area contributed by atoms with E-state index in [-0.39, 0.29) is 12.6 Å². The molecule has 0 radical (unpaired) electrons. The van der Waals surface area contributed by atoms with Crippen LogP contribution in [0.5, 0.6) is 0 Å². The third-order valence-corrected chi connectivity index (χ3v) is 1.80. The number of rotatable bonds is 7. The lowest BCUT2D eigenvalue weighted by Gasteiger charge is -2.17. The monoisotopic (exact) mass is 243 g/mol. The van der Waals surface area contributed by atoms with Crippen molar-refractivity contribution < 1.29 is 14.3 Å². The molecule has 0 atom stereocenters. The van der Waals surface area contributed by atoms with Gasteiger partial charge in [0.25, 0.3) is 5.91 Å². The SMILES string of the molecule is CCOCCOCN(C)C(=O)C(Cl)Cl. The quantitative estimate of drug-likeness (QED) is 0.384. The van der Waals surface area contributed by atoms with Gasteiger partial charge in [0.05, 0.1) is 13.2 Å². The van der Waals surface area contributed by atoms with Gasteiger partial charge in [-0.3, -0.25) is 4.79 Å². The van der Waals surface area contributed by atoms with E-state index in [0.29, 0.717) is 19.8 Å². The fourth-order valence-corrected chi connectivity index (χ4v) is 1.03. The third-order valence-electron chi connectivity index (χ3n) is 1.42. The lowest BCUT2D eigenvalue weighted by molar-refractivity contribution is -0.133. The minimum atomic E-state index is -1.03. The second kappa shape index (κ2) is 8.29. The van der Waals surface area contributed by atoms with Crippen molar-refractivity contribution in [3.8, 4) is 0 Å². The van der Waals surface area contributed by atoms with E-state index in [4.69, 9.17) is 32.7 Å². The van der Waals surface area contributed by atoms with Gasteiger partial charge >= 0.3 is 0 Å².